The fraction of sp³-hybridized carbons (Fsp3) is 0.278. The van der Waals surface area contributed by atoms with Crippen molar-refractivity contribution in [1.82, 2.24) is 0 Å². The Bertz CT molecular complexity index is 681. The van der Waals surface area contributed by atoms with E-state index in [-0.39, 0.29) is 11.1 Å². The average molecular weight is 334 g/mol. The van der Waals surface area contributed by atoms with Gasteiger partial charge in [0.05, 0.1) is 8.07 Å². The number of hydrogen-bond acceptors (Lipinski definition) is 2. The molecule has 2 aromatic carbocycles. The lowest BCUT2D eigenvalue weighted by Gasteiger charge is -2.43. The van der Waals surface area contributed by atoms with Crippen LogP contribution in [0.3, 0.4) is 0 Å². The Balaban J connectivity index is 2.62. The number of Topliss-reactive ketones (excluding diaryl/α,β-unsaturated/α-hetero) is 1. The summed E-state index contributed by atoms with van der Waals surface area (Å²) in [7, 11) is -2.90. The summed E-state index contributed by atoms with van der Waals surface area (Å²) < 4.78 is 30.3. The highest BCUT2D eigenvalue weighted by Gasteiger charge is 2.65. The maximum absolute atomic E-state index is 15.2. The SMILES string of the molecule is C[Si](C)(C)C(O)(c1ccccc1)C(F)(F)C(=O)c1ccccc1. The number of carbonyl (C=O) groups excluding carboxylic acids is 1. The van der Waals surface area contributed by atoms with Crippen LogP contribution in [0.5, 0.6) is 0 Å². The second-order valence-corrected chi connectivity index (χ2v) is 11.8. The monoisotopic (exact) mass is 334 g/mol. The number of aliphatic hydroxyl groups is 1. The Labute approximate surface area is 135 Å². The molecule has 0 bridgehead atoms. The van der Waals surface area contributed by atoms with Crippen LogP contribution in [-0.4, -0.2) is 24.9 Å². The van der Waals surface area contributed by atoms with Crippen LogP contribution < -0.4 is 0 Å². The number of halogens is 2. The summed E-state index contributed by atoms with van der Waals surface area (Å²) in [6.45, 7) is 4.89. The highest BCUT2D eigenvalue weighted by Crippen LogP contribution is 2.46. The molecule has 0 saturated heterocycles. The standard InChI is InChI=1S/C18H20F2O2Si/c1-23(2,3)18(22,15-12-8-5-9-13-15)17(19,20)16(21)14-10-6-4-7-11-14/h4-13,22H,1-3H3. The molecule has 2 nitrogen and oxygen atoms in total. The maximum atomic E-state index is 15.2. The van der Waals surface area contributed by atoms with E-state index in [0.29, 0.717) is 0 Å². The van der Waals surface area contributed by atoms with Crippen LogP contribution in [-0.2, 0) is 5.22 Å². The lowest BCUT2D eigenvalue weighted by Crippen LogP contribution is -2.63. The summed E-state index contributed by atoms with van der Waals surface area (Å²) in [4.78, 5) is 12.4. The first-order valence-corrected chi connectivity index (χ1v) is 10.9. The third-order valence-corrected chi connectivity index (χ3v) is 6.83. The number of alkyl halides is 2. The largest absolute Gasteiger partial charge is 0.382 e. The zero-order valence-electron chi connectivity index (χ0n) is 13.4. The molecule has 0 fully saturated rings. The summed E-state index contributed by atoms with van der Waals surface area (Å²) in [5, 5.41) is 8.58. The summed E-state index contributed by atoms with van der Waals surface area (Å²) in [5.41, 5.74) is -0.0291. The Morgan fingerprint density at radius 1 is 0.913 bits per heavy atom. The number of benzene rings is 2. The summed E-state index contributed by atoms with van der Waals surface area (Å²) in [6.07, 6.45) is 0. The van der Waals surface area contributed by atoms with Gasteiger partial charge in [-0.1, -0.05) is 80.3 Å². The van der Waals surface area contributed by atoms with Crippen LogP contribution in [0.1, 0.15) is 15.9 Å². The Morgan fingerprint density at radius 3 is 1.78 bits per heavy atom. The fourth-order valence-corrected chi connectivity index (χ4v) is 4.79. The Kier molecular flexibility index (Phi) is 4.55. The molecular formula is C18H20F2O2Si. The molecule has 0 radical (unpaired) electrons. The normalized spacial score (nSPS) is 15.0. The van der Waals surface area contributed by atoms with Gasteiger partial charge in [-0.05, 0) is 5.56 Å². The van der Waals surface area contributed by atoms with E-state index in [1.165, 1.54) is 36.4 Å². The van der Waals surface area contributed by atoms with Gasteiger partial charge in [0.25, 0.3) is 0 Å². The van der Waals surface area contributed by atoms with Gasteiger partial charge in [-0.2, -0.15) is 8.78 Å². The minimum atomic E-state index is -3.92. The molecule has 0 saturated carbocycles. The molecule has 5 heteroatoms. The van der Waals surface area contributed by atoms with Crippen LogP contribution in [0.15, 0.2) is 60.7 Å². The second kappa shape index (κ2) is 5.98. The number of hydrogen-bond donors (Lipinski definition) is 1. The smallest absolute Gasteiger partial charge is 0.338 e. The lowest BCUT2D eigenvalue weighted by atomic mass is 9.95. The molecule has 23 heavy (non-hydrogen) atoms. The number of rotatable bonds is 5. The van der Waals surface area contributed by atoms with Crippen molar-refractivity contribution in [1.29, 1.82) is 0 Å². The zero-order valence-corrected chi connectivity index (χ0v) is 14.4. The molecule has 0 amide bonds. The average Bonchev–Trinajstić information content (AvgIpc) is 2.53. The number of ketones is 1. The second-order valence-electron chi connectivity index (χ2n) is 6.60. The van der Waals surface area contributed by atoms with Gasteiger partial charge < -0.3 is 5.11 Å². The van der Waals surface area contributed by atoms with Crippen LogP contribution in [0.25, 0.3) is 0 Å². The summed E-state index contributed by atoms with van der Waals surface area (Å²) >= 11 is 0. The van der Waals surface area contributed by atoms with Crippen LogP contribution in [0, 0.1) is 0 Å². The van der Waals surface area contributed by atoms with Gasteiger partial charge in [0.2, 0.25) is 5.78 Å². The van der Waals surface area contributed by atoms with Crippen molar-refractivity contribution in [2.45, 2.75) is 30.8 Å². The van der Waals surface area contributed by atoms with Crippen molar-refractivity contribution in [3.8, 4) is 0 Å². The molecule has 2 aromatic rings. The highest BCUT2D eigenvalue weighted by atomic mass is 28.3. The van der Waals surface area contributed by atoms with E-state index in [2.05, 4.69) is 0 Å². The molecule has 122 valence electrons. The molecule has 0 aromatic heterocycles. The van der Waals surface area contributed by atoms with Crippen LogP contribution in [0.2, 0.25) is 19.6 Å². The van der Waals surface area contributed by atoms with E-state index in [0.717, 1.165) is 0 Å². The zero-order chi connectivity index (χ0) is 17.3. The van der Waals surface area contributed by atoms with Gasteiger partial charge in [-0.3, -0.25) is 4.79 Å². The maximum Gasteiger partial charge on any atom is 0.338 e. The molecular weight excluding hydrogens is 314 g/mol. The van der Waals surface area contributed by atoms with E-state index >= 15 is 8.78 Å². The van der Waals surface area contributed by atoms with Gasteiger partial charge >= 0.3 is 5.92 Å². The van der Waals surface area contributed by atoms with Crippen molar-refractivity contribution >= 4 is 13.9 Å². The molecule has 1 N–H and O–H groups in total. The lowest BCUT2D eigenvalue weighted by molar-refractivity contribution is -0.113. The van der Waals surface area contributed by atoms with Gasteiger partial charge in [0.15, 0.2) is 0 Å². The van der Waals surface area contributed by atoms with Crippen LogP contribution >= 0.6 is 0 Å². The third kappa shape index (κ3) is 2.86. The van der Waals surface area contributed by atoms with E-state index < -0.39 is 25.0 Å². The predicted octanol–water partition coefficient (Wildman–Crippen LogP) is 4.27. The highest BCUT2D eigenvalue weighted by molar-refractivity contribution is 6.79. The van der Waals surface area contributed by atoms with E-state index in [1.54, 1.807) is 43.9 Å². The van der Waals surface area contributed by atoms with Crippen molar-refractivity contribution in [3.05, 3.63) is 71.8 Å². The molecule has 0 aliphatic heterocycles. The molecule has 0 aliphatic carbocycles. The van der Waals surface area contributed by atoms with Crippen molar-refractivity contribution < 1.29 is 18.7 Å². The van der Waals surface area contributed by atoms with Crippen molar-refractivity contribution in [2.24, 2.45) is 0 Å². The van der Waals surface area contributed by atoms with Crippen molar-refractivity contribution in [2.75, 3.05) is 0 Å². The Morgan fingerprint density at radius 2 is 1.35 bits per heavy atom. The molecule has 2 rings (SSSR count). The van der Waals surface area contributed by atoms with Crippen LogP contribution in [0.4, 0.5) is 8.78 Å². The first-order valence-electron chi connectivity index (χ1n) is 7.38. The molecule has 1 atom stereocenters. The topological polar surface area (TPSA) is 37.3 Å². The first-order chi connectivity index (χ1) is 10.6. The molecule has 0 aliphatic rings. The first kappa shape index (κ1) is 17.5. The summed E-state index contributed by atoms with van der Waals surface area (Å²) in [5.74, 6) is -5.27. The minimum Gasteiger partial charge on any atom is -0.382 e. The van der Waals surface area contributed by atoms with E-state index in [9.17, 15) is 9.90 Å². The van der Waals surface area contributed by atoms with Crippen molar-refractivity contribution in [3.63, 3.8) is 0 Å². The third-order valence-electron chi connectivity index (χ3n) is 4.05. The van der Waals surface area contributed by atoms with E-state index in [1.807, 2.05) is 0 Å². The predicted molar refractivity (Wildman–Crippen MR) is 89.4 cm³/mol. The fourth-order valence-electron chi connectivity index (χ4n) is 2.70. The quantitative estimate of drug-likeness (QED) is 0.655. The van der Waals surface area contributed by atoms with Gasteiger partial charge in [0.1, 0.15) is 5.22 Å². The molecule has 1 unspecified atom stereocenters. The number of carbonyl (C=O) groups is 1. The summed E-state index contributed by atoms with van der Waals surface area (Å²) in [6, 6.07) is 15.1. The van der Waals surface area contributed by atoms with E-state index in [4.69, 9.17) is 0 Å². The van der Waals surface area contributed by atoms with Gasteiger partial charge in [0, 0.05) is 5.56 Å². The molecule has 0 spiro atoms. The minimum absolute atomic E-state index is 0.0773. The van der Waals surface area contributed by atoms with Gasteiger partial charge in [-0.15, -0.1) is 0 Å². The Hall–Kier alpha value is -1.85. The molecule has 0 heterocycles. The van der Waals surface area contributed by atoms with Gasteiger partial charge in [-0.25, -0.2) is 0 Å².